The van der Waals surface area contributed by atoms with E-state index in [0.29, 0.717) is 38.5 Å². The first kappa shape index (κ1) is 15.8. The van der Waals surface area contributed by atoms with Crippen molar-refractivity contribution in [2.24, 2.45) is 0 Å². The van der Waals surface area contributed by atoms with E-state index >= 15 is 0 Å². The zero-order valence-corrected chi connectivity index (χ0v) is 12.8. The average molecular weight is 293 g/mol. The van der Waals surface area contributed by atoms with E-state index in [4.69, 9.17) is 14.2 Å². The van der Waals surface area contributed by atoms with Gasteiger partial charge >= 0.3 is 0 Å². The van der Waals surface area contributed by atoms with Crippen LogP contribution in [-0.2, 0) is 15.9 Å². The van der Waals surface area contributed by atoms with Crippen molar-refractivity contribution < 1.29 is 19.0 Å². The van der Waals surface area contributed by atoms with Gasteiger partial charge in [0, 0.05) is 45.9 Å². The number of ether oxygens (including phenoxy) is 3. The van der Waals surface area contributed by atoms with Crippen LogP contribution >= 0.6 is 0 Å². The van der Waals surface area contributed by atoms with Gasteiger partial charge in [-0.05, 0) is 30.2 Å². The highest BCUT2D eigenvalue weighted by Gasteiger charge is 2.19. The summed E-state index contributed by atoms with van der Waals surface area (Å²) in [4.78, 5) is 14.5. The van der Waals surface area contributed by atoms with Crippen molar-refractivity contribution in [3.05, 3.63) is 29.3 Å². The largest absolute Gasteiger partial charge is 0.493 e. The number of rotatable bonds is 8. The number of hydrogen-bond acceptors (Lipinski definition) is 4. The first-order valence-corrected chi connectivity index (χ1v) is 7.29. The molecule has 0 saturated carbocycles. The van der Waals surface area contributed by atoms with Crippen LogP contribution in [0.15, 0.2) is 18.2 Å². The zero-order valence-electron chi connectivity index (χ0n) is 12.8. The van der Waals surface area contributed by atoms with Gasteiger partial charge in [0.05, 0.1) is 13.2 Å². The van der Waals surface area contributed by atoms with Gasteiger partial charge < -0.3 is 19.1 Å². The second kappa shape index (κ2) is 8.00. The highest BCUT2D eigenvalue weighted by Crippen LogP contribution is 2.26. The molecule has 1 aliphatic rings. The lowest BCUT2D eigenvalue weighted by atomic mass is 10.1. The molecule has 1 heterocycles. The van der Waals surface area contributed by atoms with Gasteiger partial charge in [-0.15, -0.1) is 0 Å². The van der Waals surface area contributed by atoms with Crippen molar-refractivity contribution in [3.8, 4) is 5.75 Å². The number of carbonyl (C=O) groups excluding carboxylic acids is 1. The van der Waals surface area contributed by atoms with E-state index in [1.54, 1.807) is 14.2 Å². The molecular formula is C16H23NO4. The van der Waals surface area contributed by atoms with E-state index in [2.05, 4.69) is 0 Å². The lowest BCUT2D eigenvalue weighted by Gasteiger charge is -2.22. The molecule has 2 rings (SSSR count). The molecule has 1 aromatic carbocycles. The molecule has 0 saturated heterocycles. The Morgan fingerprint density at radius 3 is 2.81 bits per heavy atom. The number of methoxy groups -OCH3 is 2. The van der Waals surface area contributed by atoms with E-state index in [9.17, 15) is 4.79 Å². The topological polar surface area (TPSA) is 48.0 Å². The van der Waals surface area contributed by atoms with E-state index in [-0.39, 0.29) is 5.91 Å². The van der Waals surface area contributed by atoms with E-state index in [1.165, 1.54) is 0 Å². The molecule has 0 spiro atoms. The summed E-state index contributed by atoms with van der Waals surface area (Å²) < 4.78 is 15.6. The third-order valence-electron chi connectivity index (χ3n) is 3.57. The summed E-state index contributed by atoms with van der Waals surface area (Å²) >= 11 is 0. The van der Waals surface area contributed by atoms with Crippen molar-refractivity contribution in [1.29, 1.82) is 0 Å². The maximum atomic E-state index is 12.6. The number of hydrogen-bond donors (Lipinski definition) is 0. The number of benzene rings is 1. The van der Waals surface area contributed by atoms with Crippen LogP contribution in [0.3, 0.4) is 0 Å². The minimum absolute atomic E-state index is 0.0397. The van der Waals surface area contributed by atoms with Crippen LogP contribution in [-0.4, -0.2) is 57.9 Å². The molecule has 0 fully saturated rings. The van der Waals surface area contributed by atoms with Gasteiger partial charge in [0.1, 0.15) is 5.75 Å². The fourth-order valence-electron chi connectivity index (χ4n) is 2.42. The first-order chi connectivity index (χ1) is 10.3. The fraction of sp³-hybridized carbons (Fsp3) is 0.562. The Labute approximate surface area is 125 Å². The van der Waals surface area contributed by atoms with Gasteiger partial charge in [-0.3, -0.25) is 4.79 Å². The fourth-order valence-corrected chi connectivity index (χ4v) is 2.42. The van der Waals surface area contributed by atoms with Crippen LogP contribution < -0.4 is 4.74 Å². The third kappa shape index (κ3) is 4.19. The highest BCUT2D eigenvalue weighted by atomic mass is 16.5. The van der Waals surface area contributed by atoms with Crippen molar-refractivity contribution in [2.75, 3.05) is 47.1 Å². The Morgan fingerprint density at radius 2 is 2.05 bits per heavy atom. The highest BCUT2D eigenvalue weighted by molar-refractivity contribution is 5.94. The van der Waals surface area contributed by atoms with E-state index in [1.807, 2.05) is 23.1 Å². The SMILES string of the molecule is COCCCN(CCOC)C(=O)c1ccc2c(c1)CCO2. The monoisotopic (exact) mass is 293 g/mol. The quantitative estimate of drug-likeness (QED) is 0.685. The van der Waals surface area contributed by atoms with Crippen LogP contribution in [0.2, 0.25) is 0 Å². The minimum atomic E-state index is 0.0397. The third-order valence-corrected chi connectivity index (χ3v) is 3.57. The Hall–Kier alpha value is -1.59. The number of nitrogens with zero attached hydrogens (tertiary/aromatic N) is 1. The lowest BCUT2D eigenvalue weighted by Crippen LogP contribution is -2.35. The molecule has 0 N–H and O–H groups in total. The molecule has 0 aromatic heterocycles. The minimum Gasteiger partial charge on any atom is -0.493 e. The van der Waals surface area contributed by atoms with Gasteiger partial charge in [-0.2, -0.15) is 0 Å². The normalized spacial score (nSPS) is 12.9. The van der Waals surface area contributed by atoms with Crippen LogP contribution in [0.25, 0.3) is 0 Å². The van der Waals surface area contributed by atoms with Crippen LogP contribution in [0.4, 0.5) is 0 Å². The maximum absolute atomic E-state index is 12.6. The summed E-state index contributed by atoms with van der Waals surface area (Å²) in [7, 11) is 3.31. The summed E-state index contributed by atoms with van der Waals surface area (Å²) in [6.07, 6.45) is 1.69. The molecule has 5 nitrogen and oxygen atoms in total. The second-order valence-corrected chi connectivity index (χ2v) is 5.05. The smallest absolute Gasteiger partial charge is 0.253 e. The zero-order chi connectivity index (χ0) is 15.1. The predicted octanol–water partition coefficient (Wildman–Crippen LogP) is 1.75. The van der Waals surface area contributed by atoms with Crippen molar-refractivity contribution in [1.82, 2.24) is 4.90 Å². The number of fused-ring (bicyclic) bond motifs is 1. The van der Waals surface area contributed by atoms with E-state index in [0.717, 1.165) is 24.2 Å². The van der Waals surface area contributed by atoms with Crippen LogP contribution in [0.1, 0.15) is 22.3 Å². The molecule has 0 atom stereocenters. The van der Waals surface area contributed by atoms with Gasteiger partial charge in [0.2, 0.25) is 0 Å². The first-order valence-electron chi connectivity index (χ1n) is 7.29. The summed E-state index contributed by atoms with van der Waals surface area (Å²) in [6, 6.07) is 5.67. The molecule has 0 radical (unpaired) electrons. The molecule has 0 aliphatic carbocycles. The predicted molar refractivity (Wildman–Crippen MR) is 79.9 cm³/mol. The number of carbonyl (C=O) groups is 1. The van der Waals surface area contributed by atoms with Gasteiger partial charge in [-0.1, -0.05) is 0 Å². The Kier molecular flexibility index (Phi) is 6.02. The van der Waals surface area contributed by atoms with Gasteiger partial charge in [0.25, 0.3) is 5.91 Å². The summed E-state index contributed by atoms with van der Waals surface area (Å²) in [5.41, 5.74) is 1.83. The number of amides is 1. The molecule has 1 aliphatic heterocycles. The molecule has 1 amide bonds. The van der Waals surface area contributed by atoms with Crippen molar-refractivity contribution in [3.63, 3.8) is 0 Å². The van der Waals surface area contributed by atoms with Crippen LogP contribution in [0.5, 0.6) is 5.75 Å². The molecular weight excluding hydrogens is 270 g/mol. The molecule has 5 heteroatoms. The summed E-state index contributed by atoms with van der Waals surface area (Å²) in [6.45, 7) is 3.14. The summed E-state index contributed by atoms with van der Waals surface area (Å²) in [5.74, 6) is 0.937. The lowest BCUT2D eigenvalue weighted by molar-refractivity contribution is 0.0674. The van der Waals surface area contributed by atoms with Gasteiger partial charge in [0.15, 0.2) is 0 Å². The van der Waals surface area contributed by atoms with Gasteiger partial charge in [-0.25, -0.2) is 0 Å². The van der Waals surface area contributed by atoms with Crippen molar-refractivity contribution >= 4 is 5.91 Å². The maximum Gasteiger partial charge on any atom is 0.253 e. The molecule has 21 heavy (non-hydrogen) atoms. The Balaban J connectivity index is 2.05. The second-order valence-electron chi connectivity index (χ2n) is 5.05. The Bertz CT molecular complexity index is 475. The molecule has 1 aromatic rings. The molecule has 0 bridgehead atoms. The average Bonchev–Trinajstić information content (AvgIpc) is 2.97. The Morgan fingerprint density at radius 1 is 1.24 bits per heavy atom. The van der Waals surface area contributed by atoms with Crippen LogP contribution in [0, 0.1) is 0 Å². The molecule has 116 valence electrons. The summed E-state index contributed by atoms with van der Waals surface area (Å²) in [5, 5.41) is 0. The molecule has 0 unspecified atom stereocenters. The standard InChI is InChI=1S/C16H23NO4/c1-19-9-3-7-17(8-11-20-2)16(18)14-4-5-15-13(12-14)6-10-21-15/h4-5,12H,3,6-11H2,1-2H3. The van der Waals surface area contributed by atoms with E-state index < -0.39 is 0 Å². The van der Waals surface area contributed by atoms with Crippen molar-refractivity contribution in [2.45, 2.75) is 12.8 Å².